The summed E-state index contributed by atoms with van der Waals surface area (Å²) in [4.78, 5) is 35.2. The second kappa shape index (κ2) is 10.1. The quantitative estimate of drug-likeness (QED) is 0.166. The minimum absolute atomic E-state index is 0.00661. The average molecular weight is 474 g/mol. The number of halogens is 1. The van der Waals surface area contributed by atoms with Crippen LogP contribution in [0.1, 0.15) is 20.7 Å². The van der Waals surface area contributed by atoms with Crippen LogP contribution >= 0.6 is 11.6 Å². The molecule has 168 valence electrons. The zero-order valence-electron chi connectivity index (χ0n) is 18.0. The number of hydrogen-bond acceptors (Lipinski definition) is 4. The van der Waals surface area contributed by atoms with E-state index in [1.165, 1.54) is 24.3 Å². The smallest absolute Gasteiger partial charge is 0.269 e. The molecule has 7 nitrogen and oxygen atoms in total. The lowest BCUT2D eigenvalue weighted by atomic mass is 10.1. The summed E-state index contributed by atoms with van der Waals surface area (Å²) in [6.07, 6.45) is 7.32. The van der Waals surface area contributed by atoms with Crippen molar-refractivity contribution in [3.63, 3.8) is 0 Å². The highest BCUT2D eigenvalue weighted by Gasteiger charge is 2.15. The van der Waals surface area contributed by atoms with Crippen LogP contribution in [0.5, 0.6) is 0 Å². The molecule has 0 atom stereocenters. The van der Waals surface area contributed by atoms with Crippen molar-refractivity contribution in [2.24, 2.45) is 0 Å². The third-order valence-corrected chi connectivity index (χ3v) is 5.59. The summed E-state index contributed by atoms with van der Waals surface area (Å²) >= 11 is 5.87. The molecule has 0 unspecified atom stereocenters. The van der Waals surface area contributed by atoms with E-state index in [1.54, 1.807) is 28.8 Å². The molecule has 0 N–H and O–H groups in total. The van der Waals surface area contributed by atoms with Gasteiger partial charge in [0.1, 0.15) is 0 Å². The van der Waals surface area contributed by atoms with Crippen LogP contribution in [0.15, 0.2) is 97.6 Å². The van der Waals surface area contributed by atoms with Gasteiger partial charge in [-0.3, -0.25) is 19.7 Å². The molecule has 4 rings (SSSR count). The van der Waals surface area contributed by atoms with Gasteiger partial charge in [0, 0.05) is 52.5 Å². The fraction of sp³-hybridized carbons (Fsp3) is 0.0769. The van der Waals surface area contributed by atoms with E-state index in [9.17, 15) is 19.7 Å². The van der Waals surface area contributed by atoms with Crippen molar-refractivity contribution in [1.29, 1.82) is 0 Å². The number of non-ortho nitro benzene ring substituents is 1. The SMILES string of the molecule is O=C(C[n+]1ccc(-c2cc[n+](CC(=O)c3ccc([N+](=O)[O-])cc3)cc2)cc1)c1ccc(Cl)cc1. The van der Waals surface area contributed by atoms with E-state index >= 15 is 0 Å². The van der Waals surface area contributed by atoms with E-state index in [0.29, 0.717) is 16.1 Å². The first-order valence-electron chi connectivity index (χ1n) is 10.4. The van der Waals surface area contributed by atoms with E-state index in [0.717, 1.165) is 11.1 Å². The maximum Gasteiger partial charge on any atom is 0.269 e. The number of ketones is 2. The summed E-state index contributed by atoms with van der Waals surface area (Å²) in [5.41, 5.74) is 2.92. The van der Waals surface area contributed by atoms with E-state index in [2.05, 4.69) is 0 Å². The normalized spacial score (nSPS) is 10.6. The molecule has 0 radical (unpaired) electrons. The van der Waals surface area contributed by atoms with Gasteiger partial charge in [-0.15, -0.1) is 0 Å². The van der Waals surface area contributed by atoms with Crippen molar-refractivity contribution in [3.8, 4) is 11.1 Å². The molecule has 4 aromatic rings. The molecule has 0 amide bonds. The number of benzene rings is 2. The van der Waals surface area contributed by atoms with Gasteiger partial charge in [-0.25, -0.2) is 0 Å². The summed E-state index contributed by atoms with van der Waals surface area (Å²) in [5, 5.41) is 11.3. The predicted molar refractivity (Wildman–Crippen MR) is 125 cm³/mol. The lowest BCUT2D eigenvalue weighted by molar-refractivity contribution is -0.683. The lowest BCUT2D eigenvalue weighted by Gasteiger charge is -2.02. The monoisotopic (exact) mass is 473 g/mol. The van der Waals surface area contributed by atoms with Crippen molar-refractivity contribution in [2.45, 2.75) is 13.1 Å². The highest BCUT2D eigenvalue weighted by atomic mass is 35.5. The standard InChI is InChI=1S/C26H20ClN3O4/c27-23-5-1-21(2-6-23)25(31)17-28-13-9-19(10-14-28)20-11-15-29(16-12-20)18-26(32)22-3-7-24(8-4-22)30(33)34/h1-16H,17-18H2/q+2. The van der Waals surface area contributed by atoms with E-state index < -0.39 is 4.92 Å². The Bertz CT molecular complexity index is 1340. The Balaban J connectivity index is 1.38. The minimum atomic E-state index is -0.496. The Hall–Kier alpha value is -4.23. The van der Waals surface area contributed by atoms with Crippen LogP contribution < -0.4 is 9.13 Å². The maximum atomic E-state index is 12.5. The predicted octanol–water partition coefficient (Wildman–Crippen LogP) is 4.26. The van der Waals surface area contributed by atoms with Crippen molar-refractivity contribution >= 4 is 28.9 Å². The maximum absolute atomic E-state index is 12.5. The van der Waals surface area contributed by atoms with Gasteiger partial charge in [-0.2, -0.15) is 9.13 Å². The molecule has 0 spiro atoms. The first-order valence-corrected chi connectivity index (χ1v) is 10.8. The van der Waals surface area contributed by atoms with Gasteiger partial charge >= 0.3 is 0 Å². The minimum Gasteiger partial charge on any atom is -0.287 e. The second-order valence-electron chi connectivity index (χ2n) is 7.68. The summed E-state index contributed by atoms with van der Waals surface area (Å²) in [6, 6.07) is 20.1. The van der Waals surface area contributed by atoms with Crippen molar-refractivity contribution in [1.82, 2.24) is 0 Å². The summed E-state index contributed by atoms with van der Waals surface area (Å²) in [7, 11) is 0. The fourth-order valence-electron chi connectivity index (χ4n) is 3.43. The number of nitrogens with zero attached hydrogens (tertiary/aromatic N) is 3. The highest BCUT2D eigenvalue weighted by molar-refractivity contribution is 6.30. The number of hydrogen-bond donors (Lipinski definition) is 0. The Morgan fingerprint density at radius 3 is 1.44 bits per heavy atom. The van der Waals surface area contributed by atoms with Crippen LogP contribution in [0.25, 0.3) is 11.1 Å². The first kappa shape index (κ1) is 22.9. The van der Waals surface area contributed by atoms with Crippen LogP contribution in [0.2, 0.25) is 5.02 Å². The molecule has 0 bridgehead atoms. The number of pyridine rings is 2. The van der Waals surface area contributed by atoms with Crippen LogP contribution in [0.4, 0.5) is 5.69 Å². The molecule has 8 heteroatoms. The zero-order valence-corrected chi connectivity index (χ0v) is 18.8. The van der Waals surface area contributed by atoms with Gasteiger partial charge in [0.05, 0.1) is 4.92 Å². The van der Waals surface area contributed by atoms with Gasteiger partial charge in [0.25, 0.3) is 5.69 Å². The zero-order chi connectivity index (χ0) is 24.1. The average Bonchev–Trinajstić information content (AvgIpc) is 2.85. The van der Waals surface area contributed by atoms with Gasteiger partial charge in [-0.05, 0) is 47.5 Å². The van der Waals surface area contributed by atoms with Crippen molar-refractivity contribution in [3.05, 3.63) is 124 Å². The number of nitro groups is 1. The Labute approximate surface area is 200 Å². The molecule has 0 fully saturated rings. The molecule has 0 aliphatic rings. The van der Waals surface area contributed by atoms with Crippen LogP contribution in [0, 0.1) is 10.1 Å². The van der Waals surface area contributed by atoms with Crippen molar-refractivity contribution in [2.75, 3.05) is 0 Å². The summed E-state index contributed by atoms with van der Waals surface area (Å²) in [5.74, 6) is -0.147. The van der Waals surface area contributed by atoms with E-state index in [4.69, 9.17) is 11.6 Å². The molecule has 2 heterocycles. The number of nitro benzene ring substituents is 1. The van der Waals surface area contributed by atoms with Crippen LogP contribution in [0.3, 0.4) is 0 Å². The molecule has 34 heavy (non-hydrogen) atoms. The third-order valence-electron chi connectivity index (χ3n) is 5.33. The van der Waals surface area contributed by atoms with Crippen molar-refractivity contribution < 1.29 is 23.6 Å². The molecular formula is C26H20ClN3O4+2. The number of aromatic nitrogens is 2. The van der Waals surface area contributed by atoms with Crippen LogP contribution in [-0.2, 0) is 13.1 Å². The molecule has 2 aromatic heterocycles. The molecule has 2 aromatic carbocycles. The summed E-state index contributed by atoms with van der Waals surface area (Å²) < 4.78 is 3.56. The Morgan fingerprint density at radius 2 is 1.06 bits per heavy atom. The highest BCUT2D eigenvalue weighted by Crippen LogP contribution is 2.16. The molecular weight excluding hydrogens is 454 g/mol. The first-order chi connectivity index (χ1) is 16.4. The largest absolute Gasteiger partial charge is 0.287 e. The Kier molecular flexibility index (Phi) is 6.85. The topological polar surface area (TPSA) is 85.0 Å². The molecule has 0 aliphatic heterocycles. The van der Waals surface area contributed by atoms with E-state index in [-0.39, 0.29) is 30.3 Å². The van der Waals surface area contributed by atoms with Gasteiger partial charge in [0.2, 0.25) is 24.7 Å². The number of carbonyl (C=O) groups excluding carboxylic acids is 2. The number of rotatable bonds is 8. The van der Waals surface area contributed by atoms with Gasteiger partial charge < -0.3 is 0 Å². The third kappa shape index (κ3) is 5.57. The Morgan fingerprint density at radius 1 is 0.676 bits per heavy atom. The fourth-order valence-corrected chi connectivity index (χ4v) is 3.56. The lowest BCUT2D eigenvalue weighted by Crippen LogP contribution is -2.37. The summed E-state index contributed by atoms with van der Waals surface area (Å²) in [6.45, 7) is 0.348. The second-order valence-corrected chi connectivity index (χ2v) is 8.11. The van der Waals surface area contributed by atoms with Gasteiger partial charge in [0.15, 0.2) is 24.8 Å². The molecule has 0 saturated heterocycles. The number of carbonyl (C=O) groups is 2. The van der Waals surface area contributed by atoms with Crippen LogP contribution in [-0.4, -0.2) is 16.5 Å². The van der Waals surface area contributed by atoms with E-state index in [1.807, 2.05) is 53.6 Å². The van der Waals surface area contributed by atoms with Gasteiger partial charge in [-0.1, -0.05) is 11.6 Å². The number of Topliss-reactive ketones (excluding diaryl/α,β-unsaturated/α-hetero) is 2. The molecule has 0 aliphatic carbocycles. The molecule has 0 saturated carbocycles.